The maximum Gasteiger partial charge on any atom is 0.336 e. The average molecular weight is 569 g/mol. The van der Waals surface area contributed by atoms with Crippen LogP contribution in [0, 0.1) is 0 Å². The first-order chi connectivity index (χ1) is 21.6. The first-order valence-corrected chi connectivity index (χ1v) is 16.2. The van der Waals surface area contributed by atoms with E-state index < -0.39 is 0 Å². The van der Waals surface area contributed by atoms with E-state index in [-0.39, 0.29) is 12.3 Å². The number of benzene rings is 5. The number of fused-ring (bicyclic) bond motifs is 11. The van der Waals surface area contributed by atoms with Crippen molar-refractivity contribution in [2.45, 2.75) is 51.9 Å². The number of unbranched alkanes of at least 4 members (excludes halogenated alkanes) is 2. The molecule has 4 heteroatoms. The van der Waals surface area contributed by atoms with Crippen molar-refractivity contribution in [3.8, 4) is 11.1 Å². The van der Waals surface area contributed by atoms with Gasteiger partial charge in [0, 0.05) is 38.6 Å². The van der Waals surface area contributed by atoms with Crippen LogP contribution in [0.15, 0.2) is 101 Å². The predicted octanol–water partition coefficient (Wildman–Crippen LogP) is 9.33. The molecule has 0 bridgehead atoms. The summed E-state index contributed by atoms with van der Waals surface area (Å²) in [6.07, 6.45) is 4.79. The van der Waals surface area contributed by atoms with E-state index in [4.69, 9.17) is 4.42 Å². The van der Waals surface area contributed by atoms with Crippen LogP contribution in [-0.2, 0) is 11.8 Å². The third-order valence-electron chi connectivity index (χ3n) is 10.8. The van der Waals surface area contributed by atoms with Gasteiger partial charge in [-0.3, -0.25) is 0 Å². The molecular weight excluding hydrogens is 535 g/mol. The van der Waals surface area contributed by atoms with Gasteiger partial charge in [-0.15, -0.1) is 0 Å². The molecule has 212 valence electrons. The maximum atomic E-state index is 6.81. The lowest BCUT2D eigenvalue weighted by atomic mass is 9.44. The SMILES string of the molecule is CCCCCc1cc2c3c(c1)N1c4ccccc4C(C)(C)c4cccc(c41)B3n1c3oc4ccccc4c3c3cccc-2c31. The summed E-state index contributed by atoms with van der Waals surface area (Å²) >= 11 is 0. The van der Waals surface area contributed by atoms with E-state index >= 15 is 0 Å². The van der Waals surface area contributed by atoms with Gasteiger partial charge in [-0.05, 0) is 64.2 Å². The lowest BCUT2D eigenvalue weighted by molar-refractivity contribution is 0.632. The molecule has 0 aliphatic carbocycles. The van der Waals surface area contributed by atoms with Crippen LogP contribution in [0.5, 0.6) is 0 Å². The number of para-hydroxylation sites is 4. The van der Waals surface area contributed by atoms with Gasteiger partial charge in [-0.1, -0.05) is 112 Å². The zero-order valence-corrected chi connectivity index (χ0v) is 25.4. The predicted molar refractivity (Wildman–Crippen MR) is 185 cm³/mol. The summed E-state index contributed by atoms with van der Waals surface area (Å²) < 4.78 is 9.35. The number of furan rings is 1. The molecular formula is C40H33BN2O. The van der Waals surface area contributed by atoms with E-state index in [2.05, 4.69) is 127 Å². The highest BCUT2D eigenvalue weighted by Gasteiger charge is 2.48. The topological polar surface area (TPSA) is 21.3 Å². The van der Waals surface area contributed by atoms with Crippen LogP contribution in [0.2, 0.25) is 0 Å². The van der Waals surface area contributed by atoms with Crippen molar-refractivity contribution in [3.63, 3.8) is 0 Å². The van der Waals surface area contributed by atoms with Gasteiger partial charge in [0.05, 0.1) is 11.1 Å². The molecule has 0 amide bonds. The number of rotatable bonds is 4. The monoisotopic (exact) mass is 568 g/mol. The minimum absolute atomic E-state index is 0.0208. The number of anilines is 3. The zero-order chi connectivity index (χ0) is 29.3. The number of hydrogen-bond acceptors (Lipinski definition) is 2. The van der Waals surface area contributed by atoms with Crippen molar-refractivity contribution in [1.82, 2.24) is 4.48 Å². The molecule has 0 unspecified atom stereocenters. The van der Waals surface area contributed by atoms with Crippen molar-refractivity contribution in [3.05, 3.63) is 114 Å². The molecule has 3 aliphatic heterocycles. The smallest absolute Gasteiger partial charge is 0.336 e. The fraction of sp³-hybridized carbons (Fsp3) is 0.200. The van der Waals surface area contributed by atoms with Crippen molar-refractivity contribution < 1.29 is 4.42 Å². The second-order valence-corrected chi connectivity index (χ2v) is 13.5. The van der Waals surface area contributed by atoms with Gasteiger partial charge in [0.1, 0.15) is 5.58 Å². The van der Waals surface area contributed by atoms with Crippen LogP contribution in [0.4, 0.5) is 17.1 Å². The Kier molecular flexibility index (Phi) is 4.76. The Labute approximate surface area is 257 Å². The molecule has 5 aromatic carbocycles. The molecule has 3 nitrogen and oxygen atoms in total. The molecule has 44 heavy (non-hydrogen) atoms. The Morgan fingerprint density at radius 2 is 1.55 bits per heavy atom. The molecule has 0 atom stereocenters. The second kappa shape index (κ2) is 8.48. The van der Waals surface area contributed by atoms with E-state index in [1.807, 2.05) is 0 Å². The van der Waals surface area contributed by atoms with Gasteiger partial charge in [0.25, 0.3) is 0 Å². The van der Waals surface area contributed by atoms with E-state index in [0.29, 0.717) is 0 Å². The second-order valence-electron chi connectivity index (χ2n) is 13.5. The molecule has 10 rings (SSSR count). The molecule has 3 aliphatic rings. The Morgan fingerprint density at radius 3 is 2.45 bits per heavy atom. The van der Waals surface area contributed by atoms with Crippen LogP contribution in [0.1, 0.15) is 56.7 Å². The minimum atomic E-state index is -0.120. The molecule has 0 saturated carbocycles. The number of nitrogens with zero attached hydrogens (tertiary/aromatic N) is 2. The molecule has 5 heterocycles. The zero-order valence-electron chi connectivity index (χ0n) is 25.4. The van der Waals surface area contributed by atoms with Crippen molar-refractivity contribution in [2.24, 2.45) is 0 Å². The largest absolute Gasteiger partial charge is 0.441 e. The summed E-state index contributed by atoms with van der Waals surface area (Å²) in [4.78, 5) is 2.61. The number of aromatic nitrogens is 1. The lowest BCUT2D eigenvalue weighted by Gasteiger charge is -2.48. The Balaban J connectivity index is 1.39. The summed E-state index contributed by atoms with van der Waals surface area (Å²) in [7, 11) is 0. The molecule has 0 radical (unpaired) electrons. The van der Waals surface area contributed by atoms with Crippen molar-refractivity contribution in [2.75, 3.05) is 4.90 Å². The summed E-state index contributed by atoms with van der Waals surface area (Å²) in [5.74, 6) is 0. The van der Waals surface area contributed by atoms with Gasteiger partial charge in [-0.25, -0.2) is 0 Å². The van der Waals surface area contributed by atoms with Gasteiger partial charge in [0.15, 0.2) is 5.71 Å². The summed E-state index contributed by atoms with van der Waals surface area (Å²) in [5.41, 5.74) is 16.7. The number of aryl methyl sites for hydroxylation is 1. The van der Waals surface area contributed by atoms with Crippen LogP contribution >= 0.6 is 0 Å². The molecule has 0 fully saturated rings. The van der Waals surface area contributed by atoms with E-state index in [0.717, 1.165) is 17.7 Å². The quantitative estimate of drug-likeness (QED) is 0.156. The highest BCUT2D eigenvalue weighted by atomic mass is 16.3. The van der Waals surface area contributed by atoms with Crippen molar-refractivity contribution in [1.29, 1.82) is 0 Å². The highest BCUT2D eigenvalue weighted by molar-refractivity contribution is 6.90. The van der Waals surface area contributed by atoms with Gasteiger partial charge < -0.3 is 13.8 Å². The Bertz CT molecular complexity index is 2360. The third kappa shape index (κ3) is 2.90. The highest BCUT2D eigenvalue weighted by Crippen LogP contribution is 2.54. The molecule has 7 aromatic rings. The number of hydrogen-bond donors (Lipinski definition) is 0. The molecule has 0 spiro atoms. The van der Waals surface area contributed by atoms with E-state index in [1.165, 1.54) is 96.7 Å². The van der Waals surface area contributed by atoms with Crippen LogP contribution in [0.25, 0.3) is 44.1 Å². The van der Waals surface area contributed by atoms with Crippen LogP contribution in [0.3, 0.4) is 0 Å². The van der Waals surface area contributed by atoms with E-state index in [9.17, 15) is 0 Å². The molecule has 0 N–H and O–H groups in total. The first kappa shape index (κ1) is 24.7. The third-order valence-corrected chi connectivity index (χ3v) is 10.8. The standard InChI is InChI=1S/C40H33BN2O/c1-4-5-6-13-24-22-28-25-15-11-16-27-35-26-14-7-10-21-34(26)44-39(35)43(37(25)27)41-31-19-12-18-30-38(31)42(33(23-24)36(28)41)32-20-9-8-17-29(32)40(30,2)3/h7-12,14-23H,4-6,13H2,1-3H3. The summed E-state index contributed by atoms with van der Waals surface area (Å²) in [6.45, 7) is 7.10. The van der Waals surface area contributed by atoms with Crippen LogP contribution < -0.4 is 15.8 Å². The first-order valence-electron chi connectivity index (χ1n) is 16.2. The van der Waals surface area contributed by atoms with Gasteiger partial charge in [0.2, 0.25) is 0 Å². The lowest BCUT2D eigenvalue weighted by Crippen LogP contribution is -2.58. The fourth-order valence-corrected chi connectivity index (χ4v) is 8.82. The Hall–Kier alpha value is -4.70. The van der Waals surface area contributed by atoms with E-state index in [1.54, 1.807) is 0 Å². The average Bonchev–Trinajstić information content (AvgIpc) is 3.58. The minimum Gasteiger partial charge on any atom is -0.441 e. The maximum absolute atomic E-state index is 6.81. The Morgan fingerprint density at radius 1 is 0.750 bits per heavy atom. The van der Waals surface area contributed by atoms with Crippen LogP contribution in [-0.4, -0.2) is 11.3 Å². The summed E-state index contributed by atoms with van der Waals surface area (Å²) in [5, 5.41) is 3.70. The van der Waals surface area contributed by atoms with Crippen molar-refractivity contribution >= 4 is 67.8 Å². The normalized spacial score (nSPS) is 15.2. The van der Waals surface area contributed by atoms with Gasteiger partial charge >= 0.3 is 6.85 Å². The van der Waals surface area contributed by atoms with Gasteiger partial charge in [-0.2, -0.15) is 0 Å². The molecule has 0 saturated heterocycles. The molecule has 2 aromatic heterocycles. The summed E-state index contributed by atoms with van der Waals surface area (Å²) in [6, 6.07) is 36.5. The fourth-order valence-electron chi connectivity index (χ4n) is 8.82.